The highest BCUT2D eigenvalue weighted by Crippen LogP contribution is 2.31. The first-order chi connectivity index (χ1) is 13.4. The number of aryl methyl sites for hydroxylation is 1. The third kappa shape index (κ3) is 3.20. The summed E-state index contributed by atoms with van der Waals surface area (Å²) in [6, 6.07) is 13.6. The van der Waals surface area contributed by atoms with Crippen LogP contribution in [0, 0.1) is 12.8 Å². The molecular weight excluding hydrogens is 350 g/mol. The number of anilines is 1. The molecule has 0 radical (unpaired) electrons. The minimum Gasteiger partial charge on any atom is -0.478 e. The zero-order valence-electron chi connectivity index (χ0n) is 16.2. The van der Waals surface area contributed by atoms with Crippen LogP contribution in [0.2, 0.25) is 0 Å². The van der Waals surface area contributed by atoms with Gasteiger partial charge in [-0.25, -0.2) is 9.78 Å². The third-order valence-corrected chi connectivity index (χ3v) is 4.97. The molecule has 0 saturated carbocycles. The fraction of sp³-hybridized carbons (Fsp3) is 0.217. The standard InChI is InChI=1S/C23H23N3O2/c1-13(2)11-25-22-16-5-8-19(26-21(16)9-6-17(22)23(27)28)15-4-7-20-18(10-15)14(3)12-24-20/h4-10,12-13,24-25H,11H2,1-3H3,(H,27,28). The van der Waals surface area contributed by atoms with E-state index in [1.807, 2.05) is 18.3 Å². The maximum Gasteiger partial charge on any atom is 0.337 e. The lowest BCUT2D eigenvalue weighted by molar-refractivity contribution is 0.0698. The summed E-state index contributed by atoms with van der Waals surface area (Å²) in [7, 11) is 0. The number of carboxylic acids is 1. The summed E-state index contributed by atoms with van der Waals surface area (Å²) < 4.78 is 0. The number of fused-ring (bicyclic) bond motifs is 2. The minimum absolute atomic E-state index is 0.270. The molecule has 0 aliphatic carbocycles. The highest BCUT2D eigenvalue weighted by Gasteiger charge is 2.15. The minimum atomic E-state index is -0.939. The van der Waals surface area contributed by atoms with Crippen molar-refractivity contribution in [3.63, 3.8) is 0 Å². The topological polar surface area (TPSA) is 78.0 Å². The van der Waals surface area contributed by atoms with Crippen LogP contribution in [0.25, 0.3) is 33.1 Å². The number of rotatable bonds is 5. The molecule has 4 aromatic rings. The molecular formula is C23H23N3O2. The van der Waals surface area contributed by atoms with Gasteiger partial charge in [0.15, 0.2) is 0 Å². The van der Waals surface area contributed by atoms with Gasteiger partial charge in [0.1, 0.15) is 0 Å². The largest absolute Gasteiger partial charge is 0.478 e. The molecule has 0 amide bonds. The van der Waals surface area contributed by atoms with Crippen LogP contribution < -0.4 is 5.32 Å². The van der Waals surface area contributed by atoms with E-state index in [-0.39, 0.29) is 5.56 Å². The van der Waals surface area contributed by atoms with Crippen molar-refractivity contribution in [3.05, 3.63) is 59.8 Å². The molecule has 2 aromatic heterocycles. The number of nitrogens with one attached hydrogen (secondary N) is 2. The summed E-state index contributed by atoms with van der Waals surface area (Å²) in [6.07, 6.45) is 2.00. The fourth-order valence-corrected chi connectivity index (χ4v) is 3.46. The summed E-state index contributed by atoms with van der Waals surface area (Å²) >= 11 is 0. The van der Waals surface area contributed by atoms with Crippen molar-refractivity contribution in [2.45, 2.75) is 20.8 Å². The molecule has 3 N–H and O–H groups in total. The molecule has 4 rings (SSSR count). The van der Waals surface area contributed by atoms with Crippen molar-refractivity contribution < 1.29 is 9.90 Å². The predicted octanol–water partition coefficient (Wildman–Crippen LogP) is 5.46. The second-order valence-corrected chi connectivity index (χ2v) is 7.56. The number of hydrogen-bond donors (Lipinski definition) is 3. The third-order valence-electron chi connectivity index (χ3n) is 4.97. The molecule has 0 fully saturated rings. The molecule has 0 unspecified atom stereocenters. The lowest BCUT2D eigenvalue weighted by Gasteiger charge is -2.15. The van der Waals surface area contributed by atoms with Crippen LogP contribution in [0.3, 0.4) is 0 Å². The Labute approximate surface area is 163 Å². The van der Waals surface area contributed by atoms with Crippen molar-refractivity contribution in [1.82, 2.24) is 9.97 Å². The Morgan fingerprint density at radius 1 is 1.14 bits per heavy atom. The van der Waals surface area contributed by atoms with Crippen LogP contribution in [0.5, 0.6) is 0 Å². The monoisotopic (exact) mass is 373 g/mol. The van der Waals surface area contributed by atoms with E-state index < -0.39 is 5.97 Å². The first-order valence-corrected chi connectivity index (χ1v) is 9.43. The van der Waals surface area contributed by atoms with E-state index in [9.17, 15) is 9.90 Å². The number of nitrogens with zero attached hydrogens (tertiary/aromatic N) is 1. The number of hydrogen-bond acceptors (Lipinski definition) is 3. The van der Waals surface area contributed by atoms with E-state index in [4.69, 9.17) is 4.98 Å². The molecule has 0 bridgehead atoms. The van der Waals surface area contributed by atoms with E-state index in [2.05, 4.69) is 49.3 Å². The summed E-state index contributed by atoms with van der Waals surface area (Å²) in [5.74, 6) is -0.536. The van der Waals surface area contributed by atoms with E-state index in [1.54, 1.807) is 12.1 Å². The SMILES string of the molecule is Cc1c[nH]c2ccc(-c3ccc4c(NCC(C)C)c(C(=O)O)ccc4n3)cc12. The summed E-state index contributed by atoms with van der Waals surface area (Å²) in [5.41, 5.74) is 5.89. The average Bonchev–Trinajstić information content (AvgIpc) is 3.05. The first-order valence-electron chi connectivity index (χ1n) is 9.43. The number of benzene rings is 2. The van der Waals surface area contributed by atoms with Gasteiger partial charge in [-0.15, -0.1) is 0 Å². The van der Waals surface area contributed by atoms with Crippen LogP contribution in [0.4, 0.5) is 5.69 Å². The molecule has 0 aliphatic rings. The van der Waals surface area contributed by atoms with Crippen molar-refractivity contribution in [1.29, 1.82) is 0 Å². The number of aromatic amines is 1. The molecule has 0 aliphatic heterocycles. The molecule has 2 aromatic carbocycles. The Bertz CT molecular complexity index is 1190. The number of carbonyl (C=O) groups is 1. The highest BCUT2D eigenvalue weighted by atomic mass is 16.4. The van der Waals surface area contributed by atoms with Gasteiger partial charge in [-0.05, 0) is 54.8 Å². The first kappa shape index (κ1) is 18.0. The van der Waals surface area contributed by atoms with Crippen molar-refractivity contribution in [2.24, 2.45) is 5.92 Å². The summed E-state index contributed by atoms with van der Waals surface area (Å²) in [5, 5.41) is 14.9. The second kappa shape index (κ2) is 7.00. The van der Waals surface area contributed by atoms with Crippen molar-refractivity contribution >= 4 is 33.5 Å². The smallest absolute Gasteiger partial charge is 0.337 e. The Balaban J connectivity index is 1.83. The highest BCUT2D eigenvalue weighted by molar-refractivity contribution is 6.05. The normalized spacial score (nSPS) is 11.4. The van der Waals surface area contributed by atoms with Crippen LogP contribution in [0.15, 0.2) is 48.7 Å². The van der Waals surface area contributed by atoms with E-state index in [1.165, 1.54) is 10.9 Å². The van der Waals surface area contributed by atoms with Gasteiger partial charge in [-0.2, -0.15) is 0 Å². The molecule has 5 nitrogen and oxygen atoms in total. The Hall–Kier alpha value is -3.34. The number of pyridine rings is 1. The van der Waals surface area contributed by atoms with Crippen LogP contribution in [-0.4, -0.2) is 27.6 Å². The van der Waals surface area contributed by atoms with Crippen LogP contribution in [0.1, 0.15) is 29.8 Å². The number of aromatic carboxylic acids is 1. The Morgan fingerprint density at radius 2 is 1.96 bits per heavy atom. The zero-order valence-corrected chi connectivity index (χ0v) is 16.2. The molecule has 142 valence electrons. The molecule has 0 saturated heterocycles. The average molecular weight is 373 g/mol. The van der Waals surface area contributed by atoms with Crippen LogP contribution >= 0.6 is 0 Å². The van der Waals surface area contributed by atoms with Crippen molar-refractivity contribution in [3.8, 4) is 11.3 Å². The number of carboxylic acid groups (broad SMARTS) is 1. The maximum absolute atomic E-state index is 11.7. The molecule has 0 spiro atoms. The molecule has 28 heavy (non-hydrogen) atoms. The predicted molar refractivity (Wildman–Crippen MR) is 114 cm³/mol. The molecule has 2 heterocycles. The summed E-state index contributed by atoms with van der Waals surface area (Å²) in [4.78, 5) is 19.7. The van der Waals surface area contributed by atoms with E-state index >= 15 is 0 Å². The van der Waals surface area contributed by atoms with Gasteiger partial charge in [0.25, 0.3) is 0 Å². The quantitative estimate of drug-likeness (QED) is 0.434. The van der Waals surface area contributed by atoms with Gasteiger partial charge >= 0.3 is 5.97 Å². The van der Waals surface area contributed by atoms with E-state index in [0.717, 1.165) is 27.7 Å². The second-order valence-electron chi connectivity index (χ2n) is 7.56. The Morgan fingerprint density at radius 3 is 2.71 bits per heavy atom. The number of aromatic nitrogens is 2. The summed E-state index contributed by atoms with van der Waals surface area (Å²) in [6.45, 7) is 6.96. The zero-order chi connectivity index (χ0) is 19.8. The lowest BCUT2D eigenvalue weighted by Crippen LogP contribution is -2.12. The van der Waals surface area contributed by atoms with Gasteiger partial charge in [-0.1, -0.05) is 19.9 Å². The lowest BCUT2D eigenvalue weighted by atomic mass is 10.0. The van der Waals surface area contributed by atoms with Gasteiger partial charge in [0.2, 0.25) is 0 Å². The van der Waals surface area contributed by atoms with Gasteiger partial charge in [0, 0.05) is 34.6 Å². The Kier molecular flexibility index (Phi) is 4.51. The molecule has 0 atom stereocenters. The van der Waals surface area contributed by atoms with Crippen LogP contribution in [-0.2, 0) is 0 Å². The maximum atomic E-state index is 11.7. The fourth-order valence-electron chi connectivity index (χ4n) is 3.46. The van der Waals surface area contributed by atoms with E-state index in [0.29, 0.717) is 18.2 Å². The van der Waals surface area contributed by atoms with Gasteiger partial charge < -0.3 is 15.4 Å². The van der Waals surface area contributed by atoms with Gasteiger partial charge in [-0.3, -0.25) is 0 Å². The van der Waals surface area contributed by atoms with Gasteiger partial charge in [0.05, 0.1) is 22.5 Å². The molecule has 5 heteroatoms. The number of H-pyrrole nitrogens is 1. The van der Waals surface area contributed by atoms with Crippen molar-refractivity contribution in [2.75, 3.05) is 11.9 Å².